The summed E-state index contributed by atoms with van der Waals surface area (Å²) in [5.41, 5.74) is 0. The summed E-state index contributed by atoms with van der Waals surface area (Å²) in [4.78, 5) is 11.3. The van der Waals surface area contributed by atoms with Crippen LogP contribution in [0.4, 0.5) is 0 Å². The normalized spacial score (nSPS) is 12.3. The minimum absolute atomic E-state index is 0.0828. The molecule has 0 spiro atoms. The fraction of sp³-hybridized carbons (Fsp3) is 0.923. The van der Waals surface area contributed by atoms with Crippen LogP contribution in [0.1, 0.15) is 71.1 Å². The van der Waals surface area contributed by atoms with Gasteiger partial charge in [0.15, 0.2) is 0 Å². The van der Waals surface area contributed by atoms with Crippen LogP contribution < -0.4 is 0 Å². The van der Waals surface area contributed by atoms with E-state index in [1.807, 2.05) is 0 Å². The molecule has 9 heteroatoms. The molecule has 0 unspecified atom stereocenters. The van der Waals surface area contributed by atoms with Gasteiger partial charge in [-0.05, 0) is 6.42 Å². The van der Waals surface area contributed by atoms with Crippen LogP contribution in [0.5, 0.6) is 0 Å². The Morgan fingerprint density at radius 3 is 1.77 bits per heavy atom. The van der Waals surface area contributed by atoms with Crippen molar-refractivity contribution in [3.05, 3.63) is 0 Å². The number of unbranched alkanes of at least 4 members (excludes halogenated alkanes) is 8. The van der Waals surface area contributed by atoms with E-state index in [1.54, 1.807) is 0 Å². The molecule has 0 saturated carbocycles. The average molecular weight is 358 g/mol. The lowest BCUT2D eigenvalue weighted by Crippen LogP contribution is -2.21. The predicted octanol–water partition coefficient (Wildman–Crippen LogP) is 2.63. The molecule has 0 aliphatic rings. The zero-order valence-corrected chi connectivity index (χ0v) is 14.6. The van der Waals surface area contributed by atoms with E-state index < -0.39 is 31.3 Å². The minimum Gasteiger partial charge on any atom is -0.345 e. The van der Waals surface area contributed by atoms with Crippen molar-refractivity contribution in [3.8, 4) is 0 Å². The van der Waals surface area contributed by atoms with Gasteiger partial charge in [-0.3, -0.25) is 9.35 Å². The molecule has 0 atom stereocenters. The van der Waals surface area contributed by atoms with E-state index in [0.717, 1.165) is 25.7 Å². The number of hydrogen-bond acceptors (Lipinski definition) is 6. The monoisotopic (exact) mass is 358 g/mol. The summed E-state index contributed by atoms with van der Waals surface area (Å²) in [5, 5.41) is -1.61. The van der Waals surface area contributed by atoms with Crippen LogP contribution in [0.25, 0.3) is 0 Å². The maximum atomic E-state index is 11.3. The Hall–Kier alpha value is -0.670. The highest BCUT2D eigenvalue weighted by Gasteiger charge is 2.24. The van der Waals surface area contributed by atoms with E-state index in [9.17, 15) is 21.6 Å². The molecule has 0 bridgehead atoms. The summed E-state index contributed by atoms with van der Waals surface area (Å²) in [6.45, 7) is 2.16. The second-order valence-electron chi connectivity index (χ2n) is 5.29. The molecule has 0 aromatic rings. The van der Waals surface area contributed by atoms with Gasteiger partial charge >= 0.3 is 16.1 Å². The lowest BCUT2D eigenvalue weighted by Gasteiger charge is -2.04. The van der Waals surface area contributed by atoms with Crippen molar-refractivity contribution >= 4 is 26.2 Å². The van der Waals surface area contributed by atoms with Crippen LogP contribution in [0.2, 0.25) is 0 Å². The van der Waals surface area contributed by atoms with E-state index in [1.165, 1.54) is 25.7 Å². The quantitative estimate of drug-likeness (QED) is 0.306. The molecule has 0 aromatic carbocycles. The third kappa shape index (κ3) is 14.3. The second kappa shape index (κ2) is 11.0. The highest BCUT2D eigenvalue weighted by atomic mass is 32.3. The molecule has 7 nitrogen and oxygen atoms in total. The molecule has 22 heavy (non-hydrogen) atoms. The van der Waals surface area contributed by atoms with Crippen LogP contribution in [-0.4, -0.2) is 32.4 Å². The zero-order chi connectivity index (χ0) is 17.1. The lowest BCUT2D eigenvalue weighted by atomic mass is 10.1. The first-order chi connectivity index (χ1) is 10.2. The Kier molecular flexibility index (Phi) is 10.6. The fourth-order valence-corrected chi connectivity index (χ4v) is 3.99. The summed E-state index contributed by atoms with van der Waals surface area (Å²) < 4.78 is 55.6. The van der Waals surface area contributed by atoms with E-state index in [2.05, 4.69) is 11.1 Å². The van der Waals surface area contributed by atoms with Crippen molar-refractivity contribution in [2.45, 2.75) is 71.1 Å². The fourth-order valence-electron chi connectivity index (χ4n) is 1.97. The highest BCUT2D eigenvalue weighted by Crippen LogP contribution is 2.11. The van der Waals surface area contributed by atoms with Crippen molar-refractivity contribution in [1.29, 1.82) is 0 Å². The first-order valence-electron chi connectivity index (χ1n) is 7.56. The summed E-state index contributed by atoms with van der Waals surface area (Å²) in [6, 6.07) is 0. The summed E-state index contributed by atoms with van der Waals surface area (Å²) in [6.07, 6.45) is 9.34. The maximum Gasteiger partial charge on any atom is 0.328 e. The Balaban J connectivity index is 3.70. The van der Waals surface area contributed by atoms with Gasteiger partial charge in [0.2, 0.25) is 5.08 Å². The van der Waals surface area contributed by atoms with Gasteiger partial charge in [-0.2, -0.15) is 16.8 Å². The molecule has 0 radical (unpaired) electrons. The first-order valence-corrected chi connectivity index (χ1v) is 10.7. The lowest BCUT2D eigenvalue weighted by molar-refractivity contribution is -0.133. The third-order valence-corrected chi connectivity index (χ3v) is 5.78. The maximum absolute atomic E-state index is 11.3. The summed E-state index contributed by atoms with van der Waals surface area (Å²) in [5.74, 6) is -0.994. The van der Waals surface area contributed by atoms with Gasteiger partial charge in [-0.25, -0.2) is 0 Å². The molecule has 0 rings (SSSR count). The van der Waals surface area contributed by atoms with Crippen LogP contribution in [0.15, 0.2) is 0 Å². The first kappa shape index (κ1) is 21.3. The number of rotatable bonds is 13. The van der Waals surface area contributed by atoms with Crippen molar-refractivity contribution in [2.75, 3.05) is 5.08 Å². The van der Waals surface area contributed by atoms with Gasteiger partial charge in [-0.15, -0.1) is 0 Å². The standard InChI is InChI=1S/C13H26O7S2/c1-2-3-4-5-6-7-8-9-10-11-13(14)20-22(18,19)12-21(15,16)17/h2-12H2,1H3,(H,15,16,17). The van der Waals surface area contributed by atoms with Crippen LogP contribution in [-0.2, 0) is 29.2 Å². The van der Waals surface area contributed by atoms with Crippen LogP contribution in [0, 0.1) is 0 Å². The smallest absolute Gasteiger partial charge is 0.328 e. The number of carbonyl (C=O) groups excluding carboxylic acids is 1. The predicted molar refractivity (Wildman–Crippen MR) is 83.3 cm³/mol. The van der Waals surface area contributed by atoms with E-state index >= 15 is 0 Å². The topological polar surface area (TPSA) is 115 Å². The minimum atomic E-state index is -4.73. The summed E-state index contributed by atoms with van der Waals surface area (Å²) >= 11 is 0. The van der Waals surface area contributed by atoms with Crippen molar-refractivity contribution in [1.82, 2.24) is 0 Å². The second-order valence-corrected chi connectivity index (χ2v) is 8.68. The molecule has 0 aliphatic heterocycles. The Bertz CT molecular complexity index is 509. The third-order valence-electron chi connectivity index (χ3n) is 3.00. The number of carbonyl (C=O) groups is 1. The van der Waals surface area contributed by atoms with Gasteiger partial charge in [0, 0.05) is 6.42 Å². The van der Waals surface area contributed by atoms with Gasteiger partial charge in [-0.1, -0.05) is 58.3 Å². The van der Waals surface area contributed by atoms with Gasteiger partial charge in [0.05, 0.1) is 0 Å². The highest BCUT2D eigenvalue weighted by molar-refractivity contribution is 8.03. The van der Waals surface area contributed by atoms with E-state index in [0.29, 0.717) is 6.42 Å². The molecule has 132 valence electrons. The molecule has 1 N–H and O–H groups in total. The Labute approximate surface area is 133 Å². The molecule has 0 fully saturated rings. The van der Waals surface area contributed by atoms with Crippen molar-refractivity contribution in [2.24, 2.45) is 0 Å². The molecular weight excluding hydrogens is 332 g/mol. The van der Waals surface area contributed by atoms with Crippen LogP contribution in [0.3, 0.4) is 0 Å². The molecule has 0 saturated heterocycles. The molecule has 0 aromatic heterocycles. The Morgan fingerprint density at radius 1 is 0.864 bits per heavy atom. The molecule has 0 heterocycles. The average Bonchev–Trinajstić information content (AvgIpc) is 2.33. The van der Waals surface area contributed by atoms with Gasteiger partial charge < -0.3 is 4.18 Å². The van der Waals surface area contributed by atoms with Gasteiger partial charge in [0.25, 0.3) is 10.1 Å². The largest absolute Gasteiger partial charge is 0.345 e. The molecule has 0 amide bonds. The molecule has 0 aliphatic carbocycles. The van der Waals surface area contributed by atoms with E-state index in [4.69, 9.17) is 4.55 Å². The van der Waals surface area contributed by atoms with E-state index in [-0.39, 0.29) is 6.42 Å². The SMILES string of the molecule is CCCCCCCCCCCC(=O)OS(=O)(=O)CS(=O)(=O)O. The van der Waals surface area contributed by atoms with Gasteiger partial charge in [0.1, 0.15) is 0 Å². The zero-order valence-electron chi connectivity index (χ0n) is 13.0. The molecular formula is C13H26O7S2. The van der Waals surface area contributed by atoms with Crippen molar-refractivity contribution < 1.29 is 30.4 Å². The van der Waals surface area contributed by atoms with Crippen LogP contribution >= 0.6 is 0 Å². The Morgan fingerprint density at radius 2 is 1.32 bits per heavy atom. The van der Waals surface area contributed by atoms with Crippen molar-refractivity contribution in [3.63, 3.8) is 0 Å². The summed E-state index contributed by atoms with van der Waals surface area (Å²) in [7, 11) is -9.32. The number of hydrogen-bond donors (Lipinski definition) is 1.